The van der Waals surface area contributed by atoms with Crippen LogP contribution in [0.25, 0.3) is 0 Å². The highest BCUT2D eigenvalue weighted by Gasteiger charge is 2.39. The lowest BCUT2D eigenvalue weighted by atomic mass is 10.4. The molecule has 1 aromatic rings. The SMILES string of the molecule is COC[Si]1(c2cccs2)CCCC1. The fourth-order valence-corrected chi connectivity index (χ4v) is 8.85. The van der Waals surface area contributed by atoms with Gasteiger partial charge in [0.25, 0.3) is 0 Å². The van der Waals surface area contributed by atoms with E-state index in [1.54, 1.807) is 4.50 Å². The van der Waals surface area contributed by atoms with Crippen LogP contribution in [0.15, 0.2) is 17.5 Å². The van der Waals surface area contributed by atoms with Crippen LogP contribution in [0.3, 0.4) is 0 Å². The molecule has 3 heteroatoms. The highest BCUT2D eigenvalue weighted by molar-refractivity contribution is 7.25. The number of hydrogen-bond acceptors (Lipinski definition) is 2. The van der Waals surface area contributed by atoms with Crippen molar-refractivity contribution in [3.8, 4) is 0 Å². The van der Waals surface area contributed by atoms with Crippen molar-refractivity contribution >= 4 is 23.9 Å². The molecule has 1 aliphatic heterocycles. The van der Waals surface area contributed by atoms with Gasteiger partial charge in [0.15, 0.2) is 0 Å². The molecule has 0 aliphatic carbocycles. The van der Waals surface area contributed by atoms with Gasteiger partial charge in [-0.25, -0.2) is 0 Å². The van der Waals surface area contributed by atoms with Crippen molar-refractivity contribution in [1.29, 1.82) is 0 Å². The van der Waals surface area contributed by atoms with Gasteiger partial charge in [0, 0.05) is 13.3 Å². The minimum absolute atomic E-state index is 1.04. The zero-order valence-corrected chi connectivity index (χ0v) is 9.90. The van der Waals surface area contributed by atoms with Crippen LogP contribution in [0.5, 0.6) is 0 Å². The Morgan fingerprint density at radius 3 is 2.77 bits per heavy atom. The second-order valence-electron chi connectivity index (χ2n) is 3.90. The molecule has 0 spiro atoms. The Balaban J connectivity index is 2.22. The molecule has 1 aromatic heterocycles. The second kappa shape index (κ2) is 3.94. The highest BCUT2D eigenvalue weighted by atomic mass is 32.1. The van der Waals surface area contributed by atoms with Crippen LogP contribution in [0.1, 0.15) is 12.8 Å². The molecule has 72 valence electrons. The molecular formula is C10H16OSSi. The number of ether oxygens (including phenoxy) is 1. The van der Waals surface area contributed by atoms with E-state index in [2.05, 4.69) is 17.5 Å². The van der Waals surface area contributed by atoms with E-state index in [0.717, 1.165) is 6.23 Å². The predicted octanol–water partition coefficient (Wildman–Crippen LogP) is 2.38. The van der Waals surface area contributed by atoms with E-state index < -0.39 is 8.07 Å². The summed E-state index contributed by atoms with van der Waals surface area (Å²) in [6.07, 6.45) is 3.88. The summed E-state index contributed by atoms with van der Waals surface area (Å²) in [5, 5.41) is 2.21. The molecule has 0 unspecified atom stereocenters. The molecule has 1 nitrogen and oxygen atoms in total. The average Bonchev–Trinajstić information content (AvgIpc) is 2.73. The molecule has 1 fully saturated rings. The Kier molecular flexibility index (Phi) is 2.86. The fraction of sp³-hybridized carbons (Fsp3) is 0.600. The maximum atomic E-state index is 5.42. The van der Waals surface area contributed by atoms with Gasteiger partial charge in [-0.1, -0.05) is 37.1 Å². The van der Waals surface area contributed by atoms with Gasteiger partial charge in [-0.15, -0.1) is 0 Å². The van der Waals surface area contributed by atoms with Crippen molar-refractivity contribution < 1.29 is 4.74 Å². The molecule has 2 rings (SSSR count). The van der Waals surface area contributed by atoms with Crippen molar-refractivity contribution in [1.82, 2.24) is 0 Å². The summed E-state index contributed by atoms with van der Waals surface area (Å²) in [6, 6.07) is 7.40. The summed E-state index contributed by atoms with van der Waals surface area (Å²) >= 11 is 1.94. The molecule has 13 heavy (non-hydrogen) atoms. The summed E-state index contributed by atoms with van der Waals surface area (Å²) in [4.78, 5) is 0. The van der Waals surface area contributed by atoms with E-state index in [1.165, 1.54) is 24.9 Å². The lowest BCUT2D eigenvalue weighted by molar-refractivity contribution is 0.247. The largest absolute Gasteiger partial charge is 0.388 e. The topological polar surface area (TPSA) is 9.23 Å². The summed E-state index contributed by atoms with van der Waals surface area (Å²) in [5.74, 6) is 0. The molecule has 1 saturated heterocycles. The number of thiophene rings is 1. The lowest BCUT2D eigenvalue weighted by Crippen LogP contribution is -2.47. The van der Waals surface area contributed by atoms with Gasteiger partial charge in [0.05, 0.1) is 0 Å². The van der Waals surface area contributed by atoms with Crippen LogP contribution in [0.2, 0.25) is 12.1 Å². The standard InChI is InChI=1S/C10H16OSSi/c1-11-9-13(7-2-3-8-13)10-5-4-6-12-10/h4-6H,2-3,7-9H2,1H3. The van der Waals surface area contributed by atoms with Crippen molar-refractivity contribution in [2.45, 2.75) is 24.9 Å². The van der Waals surface area contributed by atoms with Crippen LogP contribution in [-0.2, 0) is 4.74 Å². The molecule has 0 bridgehead atoms. The van der Waals surface area contributed by atoms with Crippen molar-refractivity contribution in [2.75, 3.05) is 13.3 Å². The van der Waals surface area contributed by atoms with Crippen LogP contribution < -0.4 is 4.50 Å². The lowest BCUT2D eigenvalue weighted by Gasteiger charge is -2.23. The molecule has 2 heterocycles. The highest BCUT2D eigenvalue weighted by Crippen LogP contribution is 2.30. The third-order valence-electron chi connectivity index (χ3n) is 3.03. The molecule has 0 saturated carbocycles. The quantitative estimate of drug-likeness (QED) is 0.699. The Morgan fingerprint density at radius 2 is 2.23 bits per heavy atom. The van der Waals surface area contributed by atoms with Gasteiger partial charge in [-0.3, -0.25) is 0 Å². The summed E-state index contributed by atoms with van der Waals surface area (Å²) in [6.45, 7) is 0. The van der Waals surface area contributed by atoms with Gasteiger partial charge < -0.3 is 4.74 Å². The van der Waals surface area contributed by atoms with Gasteiger partial charge in [-0.2, -0.15) is 11.3 Å². The zero-order valence-electron chi connectivity index (χ0n) is 8.08. The number of methoxy groups -OCH3 is 1. The molecule has 0 radical (unpaired) electrons. The predicted molar refractivity (Wildman–Crippen MR) is 60.4 cm³/mol. The van der Waals surface area contributed by atoms with Crippen molar-refractivity contribution in [2.24, 2.45) is 0 Å². The molecule has 0 atom stereocenters. The molecule has 0 amide bonds. The Bertz CT molecular complexity index is 252. The van der Waals surface area contributed by atoms with E-state index in [0.29, 0.717) is 0 Å². The van der Waals surface area contributed by atoms with Crippen LogP contribution in [-0.4, -0.2) is 21.4 Å². The molecular weight excluding hydrogens is 196 g/mol. The molecule has 1 aliphatic rings. The summed E-state index contributed by atoms with van der Waals surface area (Å²) in [7, 11) is 0.688. The third kappa shape index (κ3) is 1.73. The first-order valence-electron chi connectivity index (χ1n) is 4.90. The van der Waals surface area contributed by atoms with Crippen LogP contribution in [0, 0.1) is 0 Å². The summed E-state index contributed by atoms with van der Waals surface area (Å²) in [5.41, 5.74) is 0. The van der Waals surface area contributed by atoms with E-state index in [1.807, 2.05) is 18.4 Å². The maximum absolute atomic E-state index is 5.42. The smallest absolute Gasteiger partial charge is 0.128 e. The third-order valence-corrected chi connectivity index (χ3v) is 10.0. The van der Waals surface area contributed by atoms with Crippen molar-refractivity contribution in [3.05, 3.63) is 17.5 Å². The van der Waals surface area contributed by atoms with E-state index >= 15 is 0 Å². The molecule has 0 N–H and O–H groups in total. The van der Waals surface area contributed by atoms with Gasteiger partial charge in [0.2, 0.25) is 0 Å². The van der Waals surface area contributed by atoms with E-state index in [4.69, 9.17) is 4.74 Å². The minimum atomic E-state index is -1.16. The van der Waals surface area contributed by atoms with Crippen molar-refractivity contribution in [3.63, 3.8) is 0 Å². The first kappa shape index (κ1) is 9.43. The zero-order chi connectivity index (χ0) is 9.15. The second-order valence-corrected chi connectivity index (χ2v) is 9.60. The van der Waals surface area contributed by atoms with Gasteiger partial charge >= 0.3 is 0 Å². The fourth-order valence-electron chi connectivity index (χ4n) is 2.37. The van der Waals surface area contributed by atoms with E-state index in [9.17, 15) is 0 Å². The number of rotatable bonds is 3. The van der Waals surface area contributed by atoms with Crippen LogP contribution >= 0.6 is 11.3 Å². The van der Waals surface area contributed by atoms with Gasteiger partial charge in [0.1, 0.15) is 8.07 Å². The summed E-state index contributed by atoms with van der Waals surface area (Å²) < 4.78 is 7.08. The van der Waals surface area contributed by atoms with Gasteiger partial charge in [-0.05, 0) is 9.88 Å². The monoisotopic (exact) mass is 212 g/mol. The van der Waals surface area contributed by atoms with E-state index in [-0.39, 0.29) is 0 Å². The molecule has 0 aromatic carbocycles. The van der Waals surface area contributed by atoms with Crippen LogP contribution in [0.4, 0.5) is 0 Å². The maximum Gasteiger partial charge on any atom is 0.128 e. The first-order valence-corrected chi connectivity index (χ1v) is 8.40. The average molecular weight is 212 g/mol. The Labute approximate surface area is 84.8 Å². The Hall–Kier alpha value is -0.123. The minimum Gasteiger partial charge on any atom is -0.388 e. The normalized spacial score (nSPS) is 20.7. The number of hydrogen-bond donors (Lipinski definition) is 0. The Morgan fingerprint density at radius 1 is 1.46 bits per heavy atom. The first-order chi connectivity index (χ1) is 6.37.